The maximum absolute atomic E-state index is 12.1. The molecule has 23 heavy (non-hydrogen) atoms. The van der Waals surface area contributed by atoms with Gasteiger partial charge in [0.15, 0.2) is 0 Å². The van der Waals surface area contributed by atoms with E-state index in [2.05, 4.69) is 15.6 Å². The summed E-state index contributed by atoms with van der Waals surface area (Å²) in [6, 6.07) is 5.01. The molecular weight excluding hydrogens is 294 g/mol. The molecule has 2 amide bonds. The molecule has 1 unspecified atom stereocenters. The first kappa shape index (κ1) is 17.0. The third-order valence-electron chi connectivity index (χ3n) is 3.48. The molecule has 1 aromatic heterocycles. The van der Waals surface area contributed by atoms with Crippen LogP contribution in [0.1, 0.15) is 25.8 Å². The van der Waals surface area contributed by atoms with Crippen molar-refractivity contribution in [1.29, 1.82) is 0 Å². The molecule has 1 heterocycles. The minimum atomic E-state index is -0.336. The lowest BCUT2D eigenvalue weighted by Crippen LogP contribution is -2.41. The third-order valence-corrected chi connectivity index (χ3v) is 3.48. The number of nitrogens with zero attached hydrogens (tertiary/aromatic N) is 1. The number of rotatable bonds is 6. The van der Waals surface area contributed by atoms with Crippen molar-refractivity contribution in [3.8, 4) is 11.5 Å². The van der Waals surface area contributed by atoms with Gasteiger partial charge in [-0.2, -0.15) is 0 Å². The lowest BCUT2D eigenvalue weighted by atomic mass is 10.0. The van der Waals surface area contributed by atoms with Crippen LogP contribution in [-0.4, -0.2) is 28.8 Å². The van der Waals surface area contributed by atoms with Gasteiger partial charge >= 0.3 is 6.03 Å². The SMILES string of the molecule is Cc1ccc(-c2ncco2)cc1NC(=O)NC(CO)CC(C)C. The van der Waals surface area contributed by atoms with E-state index in [1.165, 1.54) is 6.26 Å². The number of hydrogen-bond donors (Lipinski definition) is 3. The van der Waals surface area contributed by atoms with Crippen molar-refractivity contribution in [3.63, 3.8) is 0 Å². The summed E-state index contributed by atoms with van der Waals surface area (Å²) in [7, 11) is 0. The molecule has 0 saturated carbocycles. The molecule has 2 rings (SSSR count). The summed E-state index contributed by atoms with van der Waals surface area (Å²) >= 11 is 0. The predicted molar refractivity (Wildman–Crippen MR) is 89.2 cm³/mol. The molecule has 0 bridgehead atoms. The molecule has 2 aromatic rings. The maximum Gasteiger partial charge on any atom is 0.319 e. The van der Waals surface area contributed by atoms with Gasteiger partial charge in [-0.05, 0) is 37.0 Å². The van der Waals surface area contributed by atoms with Crippen molar-refractivity contribution in [3.05, 3.63) is 36.2 Å². The topological polar surface area (TPSA) is 87.4 Å². The number of nitrogens with one attached hydrogen (secondary N) is 2. The highest BCUT2D eigenvalue weighted by molar-refractivity contribution is 5.91. The van der Waals surface area contributed by atoms with Crippen molar-refractivity contribution in [2.24, 2.45) is 5.92 Å². The minimum Gasteiger partial charge on any atom is -0.445 e. The van der Waals surface area contributed by atoms with Crippen LogP contribution in [0, 0.1) is 12.8 Å². The number of amides is 2. The summed E-state index contributed by atoms with van der Waals surface area (Å²) in [5.74, 6) is 0.893. The average molecular weight is 317 g/mol. The van der Waals surface area contributed by atoms with Gasteiger partial charge in [0.05, 0.1) is 18.8 Å². The Morgan fingerprint density at radius 3 is 2.78 bits per heavy atom. The van der Waals surface area contributed by atoms with Crippen LogP contribution in [0.25, 0.3) is 11.5 Å². The van der Waals surface area contributed by atoms with Gasteiger partial charge in [-0.3, -0.25) is 0 Å². The first-order chi connectivity index (χ1) is 11.0. The molecule has 6 heteroatoms. The summed E-state index contributed by atoms with van der Waals surface area (Å²) in [6.45, 7) is 5.92. The number of urea groups is 1. The van der Waals surface area contributed by atoms with Crippen LogP contribution in [0.2, 0.25) is 0 Å². The van der Waals surface area contributed by atoms with Crippen molar-refractivity contribution < 1.29 is 14.3 Å². The van der Waals surface area contributed by atoms with Crippen LogP contribution in [0.5, 0.6) is 0 Å². The monoisotopic (exact) mass is 317 g/mol. The molecule has 0 spiro atoms. The lowest BCUT2D eigenvalue weighted by Gasteiger charge is -2.19. The highest BCUT2D eigenvalue weighted by Crippen LogP contribution is 2.24. The zero-order valence-electron chi connectivity index (χ0n) is 13.7. The maximum atomic E-state index is 12.1. The number of aryl methyl sites for hydroxylation is 1. The summed E-state index contributed by atoms with van der Waals surface area (Å²) in [4.78, 5) is 16.2. The lowest BCUT2D eigenvalue weighted by molar-refractivity contribution is 0.214. The van der Waals surface area contributed by atoms with Gasteiger partial charge in [-0.15, -0.1) is 0 Å². The van der Waals surface area contributed by atoms with Crippen LogP contribution in [0.3, 0.4) is 0 Å². The van der Waals surface area contributed by atoms with Gasteiger partial charge in [0.25, 0.3) is 0 Å². The number of anilines is 1. The second kappa shape index (κ2) is 7.78. The van der Waals surface area contributed by atoms with E-state index in [4.69, 9.17) is 4.42 Å². The number of oxazole rings is 1. The number of aliphatic hydroxyl groups is 1. The first-order valence-electron chi connectivity index (χ1n) is 7.68. The first-order valence-corrected chi connectivity index (χ1v) is 7.68. The Morgan fingerprint density at radius 1 is 1.39 bits per heavy atom. The summed E-state index contributed by atoms with van der Waals surface area (Å²) in [5.41, 5.74) is 2.40. The van der Waals surface area contributed by atoms with Crippen LogP contribution in [-0.2, 0) is 0 Å². The molecule has 0 aliphatic carbocycles. The van der Waals surface area contributed by atoms with E-state index >= 15 is 0 Å². The van der Waals surface area contributed by atoms with Crippen molar-refractivity contribution in [2.45, 2.75) is 33.2 Å². The standard InChI is InChI=1S/C17H23N3O3/c1-11(2)8-14(10-21)19-17(22)20-15-9-13(5-4-12(15)3)16-18-6-7-23-16/h4-7,9,11,14,21H,8,10H2,1-3H3,(H2,19,20,22). The summed E-state index contributed by atoms with van der Waals surface area (Å²) < 4.78 is 5.27. The highest BCUT2D eigenvalue weighted by atomic mass is 16.3. The number of aliphatic hydroxyl groups excluding tert-OH is 1. The van der Waals surface area contributed by atoms with Crippen LogP contribution in [0.4, 0.5) is 10.5 Å². The fourth-order valence-corrected chi connectivity index (χ4v) is 2.35. The summed E-state index contributed by atoms with van der Waals surface area (Å²) in [6.07, 6.45) is 3.80. The summed E-state index contributed by atoms with van der Waals surface area (Å²) in [5, 5.41) is 15.0. The minimum absolute atomic E-state index is 0.0824. The van der Waals surface area contributed by atoms with Gasteiger partial charge in [0.1, 0.15) is 6.26 Å². The molecule has 0 fully saturated rings. The molecule has 0 saturated heterocycles. The number of carbonyl (C=O) groups excluding carboxylic acids is 1. The Labute approximate surface area is 135 Å². The number of benzene rings is 1. The zero-order valence-corrected chi connectivity index (χ0v) is 13.7. The number of carbonyl (C=O) groups is 1. The second-order valence-corrected chi connectivity index (χ2v) is 5.97. The van der Waals surface area contributed by atoms with E-state index in [0.717, 1.165) is 17.5 Å². The normalized spacial score (nSPS) is 12.2. The van der Waals surface area contributed by atoms with E-state index in [-0.39, 0.29) is 18.7 Å². The largest absolute Gasteiger partial charge is 0.445 e. The highest BCUT2D eigenvalue weighted by Gasteiger charge is 2.14. The van der Waals surface area contributed by atoms with E-state index in [1.807, 2.05) is 39.0 Å². The Morgan fingerprint density at radius 2 is 2.17 bits per heavy atom. The molecule has 0 radical (unpaired) electrons. The fourth-order valence-electron chi connectivity index (χ4n) is 2.35. The Kier molecular flexibility index (Phi) is 5.76. The second-order valence-electron chi connectivity index (χ2n) is 5.97. The molecule has 1 atom stereocenters. The average Bonchev–Trinajstić information content (AvgIpc) is 3.02. The molecule has 0 aliphatic rings. The fraction of sp³-hybridized carbons (Fsp3) is 0.412. The Hall–Kier alpha value is -2.34. The Bertz CT molecular complexity index is 639. The van der Waals surface area contributed by atoms with Gasteiger partial charge < -0.3 is 20.2 Å². The number of aromatic nitrogens is 1. The van der Waals surface area contributed by atoms with Crippen molar-refractivity contribution in [2.75, 3.05) is 11.9 Å². The van der Waals surface area contributed by atoms with Crippen molar-refractivity contribution >= 4 is 11.7 Å². The molecule has 1 aromatic carbocycles. The Balaban J connectivity index is 2.07. The smallest absolute Gasteiger partial charge is 0.319 e. The van der Waals surface area contributed by atoms with E-state index in [9.17, 15) is 9.90 Å². The molecule has 124 valence electrons. The zero-order chi connectivity index (χ0) is 16.8. The van der Waals surface area contributed by atoms with Gasteiger partial charge in [-0.1, -0.05) is 19.9 Å². The van der Waals surface area contributed by atoms with Crippen molar-refractivity contribution in [1.82, 2.24) is 10.3 Å². The molecular formula is C17H23N3O3. The predicted octanol–water partition coefficient (Wildman–Crippen LogP) is 3.18. The quantitative estimate of drug-likeness (QED) is 0.763. The molecule has 6 nitrogen and oxygen atoms in total. The molecule has 0 aliphatic heterocycles. The van der Waals surface area contributed by atoms with E-state index in [0.29, 0.717) is 17.5 Å². The van der Waals surface area contributed by atoms with Gasteiger partial charge in [0, 0.05) is 11.3 Å². The van der Waals surface area contributed by atoms with Gasteiger partial charge in [0.2, 0.25) is 5.89 Å². The molecule has 3 N–H and O–H groups in total. The van der Waals surface area contributed by atoms with E-state index < -0.39 is 0 Å². The third kappa shape index (κ3) is 4.82. The van der Waals surface area contributed by atoms with Crippen LogP contribution < -0.4 is 10.6 Å². The van der Waals surface area contributed by atoms with Crippen LogP contribution >= 0.6 is 0 Å². The van der Waals surface area contributed by atoms with E-state index in [1.54, 1.807) is 6.20 Å². The van der Waals surface area contributed by atoms with Crippen LogP contribution in [0.15, 0.2) is 35.1 Å². The van der Waals surface area contributed by atoms with Gasteiger partial charge in [-0.25, -0.2) is 9.78 Å². The number of hydrogen-bond acceptors (Lipinski definition) is 4.